The summed E-state index contributed by atoms with van der Waals surface area (Å²) in [6.07, 6.45) is 1.14. The summed E-state index contributed by atoms with van der Waals surface area (Å²) < 4.78 is 18.7. The summed E-state index contributed by atoms with van der Waals surface area (Å²) >= 11 is 3.24. The molecule has 1 aliphatic heterocycles. The predicted octanol–water partition coefficient (Wildman–Crippen LogP) is 2.97. The molecule has 7 nitrogen and oxygen atoms in total. The van der Waals surface area contributed by atoms with Crippen molar-refractivity contribution < 1.29 is 28.6 Å². The minimum atomic E-state index is -0.954. The molecule has 3 rings (SSSR count). The Morgan fingerprint density at radius 1 is 1.19 bits per heavy atom. The number of imide groups is 2. The highest BCUT2D eigenvalue weighted by molar-refractivity contribution is 9.10. The molecule has 0 radical (unpaired) electrons. The number of benzene rings is 2. The van der Waals surface area contributed by atoms with Crippen LogP contribution in [0.15, 0.2) is 46.4 Å². The first-order valence-corrected chi connectivity index (χ1v) is 8.34. The molecule has 2 aromatic carbocycles. The van der Waals surface area contributed by atoms with Gasteiger partial charge in [-0.2, -0.15) is 0 Å². The van der Waals surface area contributed by atoms with Gasteiger partial charge in [0.15, 0.2) is 11.5 Å². The zero-order valence-electron chi connectivity index (χ0n) is 13.8. The number of urea groups is 1. The highest BCUT2D eigenvalue weighted by atomic mass is 79.9. The molecule has 27 heavy (non-hydrogen) atoms. The molecular weight excluding hydrogens is 423 g/mol. The minimum Gasteiger partial charge on any atom is -0.504 e. The number of phenolic OH excluding ortho intramolecular Hbond substituents is 1. The number of amides is 4. The van der Waals surface area contributed by atoms with Crippen molar-refractivity contribution in [1.29, 1.82) is 0 Å². The molecule has 4 amide bonds. The highest BCUT2D eigenvalue weighted by Crippen LogP contribution is 2.35. The second kappa shape index (κ2) is 7.20. The quantitative estimate of drug-likeness (QED) is 0.571. The number of carbonyl (C=O) groups is 3. The van der Waals surface area contributed by atoms with Gasteiger partial charge in [-0.15, -0.1) is 0 Å². The molecule has 2 N–H and O–H groups in total. The molecular formula is C18H12BrFN2O5. The number of anilines is 1. The molecule has 1 heterocycles. The Kier molecular flexibility index (Phi) is 4.95. The number of ether oxygens (including phenoxy) is 1. The van der Waals surface area contributed by atoms with Crippen LogP contribution in [0.1, 0.15) is 5.56 Å². The summed E-state index contributed by atoms with van der Waals surface area (Å²) in [6, 6.07) is 6.67. The molecule has 1 aliphatic rings. The van der Waals surface area contributed by atoms with Gasteiger partial charge in [-0.3, -0.25) is 14.9 Å². The second-order valence-corrected chi connectivity index (χ2v) is 6.40. The van der Waals surface area contributed by atoms with Gasteiger partial charge in [0.2, 0.25) is 0 Å². The van der Waals surface area contributed by atoms with Gasteiger partial charge in [0, 0.05) is 10.0 Å². The predicted molar refractivity (Wildman–Crippen MR) is 97.8 cm³/mol. The number of phenols is 1. The van der Waals surface area contributed by atoms with Crippen LogP contribution in [0, 0.1) is 5.82 Å². The minimum absolute atomic E-state index is 0.0911. The lowest BCUT2D eigenvalue weighted by atomic mass is 10.1. The summed E-state index contributed by atoms with van der Waals surface area (Å²) in [5.74, 6) is -2.51. The van der Waals surface area contributed by atoms with E-state index in [2.05, 4.69) is 15.9 Å². The Labute approximate surface area is 161 Å². The van der Waals surface area contributed by atoms with Crippen molar-refractivity contribution in [2.24, 2.45) is 0 Å². The van der Waals surface area contributed by atoms with E-state index in [1.165, 1.54) is 31.4 Å². The Morgan fingerprint density at radius 3 is 2.48 bits per heavy atom. The molecule has 0 aromatic heterocycles. The fraction of sp³-hybridized carbons (Fsp3) is 0.0556. The smallest absolute Gasteiger partial charge is 0.335 e. The lowest BCUT2D eigenvalue weighted by Gasteiger charge is -2.26. The maximum atomic E-state index is 13.1. The topological polar surface area (TPSA) is 95.9 Å². The van der Waals surface area contributed by atoms with E-state index in [1.807, 2.05) is 5.32 Å². The molecule has 0 saturated carbocycles. The highest BCUT2D eigenvalue weighted by Gasteiger charge is 2.37. The van der Waals surface area contributed by atoms with Crippen LogP contribution in [-0.4, -0.2) is 30.1 Å². The molecule has 0 bridgehead atoms. The first-order chi connectivity index (χ1) is 12.8. The third-order valence-electron chi connectivity index (χ3n) is 3.78. The fourth-order valence-corrected chi connectivity index (χ4v) is 2.95. The Bertz CT molecular complexity index is 988. The molecule has 1 fully saturated rings. The van der Waals surface area contributed by atoms with Crippen molar-refractivity contribution in [3.8, 4) is 11.5 Å². The summed E-state index contributed by atoms with van der Waals surface area (Å²) in [7, 11) is 1.35. The van der Waals surface area contributed by atoms with E-state index in [0.717, 1.165) is 18.2 Å². The normalized spacial score (nSPS) is 15.9. The number of hydrogen-bond donors (Lipinski definition) is 2. The van der Waals surface area contributed by atoms with E-state index < -0.39 is 23.7 Å². The molecule has 138 valence electrons. The maximum Gasteiger partial charge on any atom is 0.335 e. The maximum absolute atomic E-state index is 13.1. The number of nitrogens with zero attached hydrogens (tertiary/aromatic N) is 1. The van der Waals surface area contributed by atoms with Crippen LogP contribution in [0.2, 0.25) is 0 Å². The lowest BCUT2D eigenvalue weighted by Crippen LogP contribution is -2.54. The number of aromatic hydroxyl groups is 1. The number of rotatable bonds is 3. The van der Waals surface area contributed by atoms with Crippen molar-refractivity contribution in [2.45, 2.75) is 0 Å². The molecule has 9 heteroatoms. The number of barbiturate groups is 1. The monoisotopic (exact) mass is 434 g/mol. The zero-order chi connectivity index (χ0) is 19.7. The first-order valence-electron chi connectivity index (χ1n) is 7.55. The average molecular weight is 435 g/mol. The molecule has 0 aliphatic carbocycles. The fourth-order valence-electron chi connectivity index (χ4n) is 2.50. The van der Waals surface area contributed by atoms with E-state index in [9.17, 15) is 23.9 Å². The third kappa shape index (κ3) is 3.54. The summed E-state index contributed by atoms with van der Waals surface area (Å²) in [4.78, 5) is 37.7. The molecule has 2 aromatic rings. The number of nitrogens with one attached hydrogen (secondary N) is 1. The number of carbonyl (C=O) groups excluding carboxylic acids is 3. The van der Waals surface area contributed by atoms with Crippen LogP contribution in [-0.2, 0) is 9.59 Å². The van der Waals surface area contributed by atoms with E-state index in [-0.39, 0.29) is 28.3 Å². The molecule has 1 saturated heterocycles. The van der Waals surface area contributed by atoms with E-state index >= 15 is 0 Å². The van der Waals surface area contributed by atoms with Crippen LogP contribution in [0.5, 0.6) is 11.5 Å². The Morgan fingerprint density at radius 2 is 1.85 bits per heavy atom. The summed E-state index contributed by atoms with van der Waals surface area (Å²) in [6.45, 7) is 0. The largest absolute Gasteiger partial charge is 0.504 e. The van der Waals surface area contributed by atoms with Crippen LogP contribution in [0.4, 0.5) is 14.9 Å². The summed E-state index contributed by atoms with van der Waals surface area (Å²) in [5, 5.41) is 12.3. The van der Waals surface area contributed by atoms with Gasteiger partial charge in [-0.05, 0) is 42.5 Å². The van der Waals surface area contributed by atoms with Crippen molar-refractivity contribution in [2.75, 3.05) is 12.0 Å². The van der Waals surface area contributed by atoms with E-state index in [1.54, 1.807) is 0 Å². The van der Waals surface area contributed by atoms with Crippen molar-refractivity contribution in [1.82, 2.24) is 5.32 Å². The Balaban J connectivity index is 2.07. The molecule has 0 spiro atoms. The van der Waals surface area contributed by atoms with Crippen LogP contribution in [0.3, 0.4) is 0 Å². The van der Waals surface area contributed by atoms with Crippen LogP contribution in [0.25, 0.3) is 6.08 Å². The van der Waals surface area contributed by atoms with E-state index in [4.69, 9.17) is 4.74 Å². The molecule has 0 atom stereocenters. The number of halogens is 2. The third-order valence-corrected chi connectivity index (χ3v) is 4.23. The van der Waals surface area contributed by atoms with Gasteiger partial charge >= 0.3 is 6.03 Å². The zero-order valence-corrected chi connectivity index (χ0v) is 15.4. The lowest BCUT2D eigenvalue weighted by molar-refractivity contribution is -0.122. The van der Waals surface area contributed by atoms with Gasteiger partial charge in [0.25, 0.3) is 11.8 Å². The van der Waals surface area contributed by atoms with Crippen LogP contribution >= 0.6 is 15.9 Å². The van der Waals surface area contributed by atoms with Crippen LogP contribution < -0.4 is 15.0 Å². The Hall–Kier alpha value is -3.20. The SMILES string of the molecule is COc1cc(Br)cc(/C=C2\C(=O)NC(=O)N(c3ccc(F)cc3)C2=O)c1O. The average Bonchev–Trinajstić information content (AvgIpc) is 2.62. The van der Waals surface area contributed by atoms with Crippen molar-refractivity contribution in [3.63, 3.8) is 0 Å². The van der Waals surface area contributed by atoms with Crippen molar-refractivity contribution >= 4 is 45.5 Å². The number of hydrogen-bond acceptors (Lipinski definition) is 5. The number of methoxy groups -OCH3 is 1. The van der Waals surface area contributed by atoms with Gasteiger partial charge in [-0.25, -0.2) is 14.1 Å². The van der Waals surface area contributed by atoms with Crippen molar-refractivity contribution in [3.05, 3.63) is 57.8 Å². The van der Waals surface area contributed by atoms with Gasteiger partial charge in [0.05, 0.1) is 12.8 Å². The summed E-state index contributed by atoms with van der Waals surface area (Å²) in [5.41, 5.74) is -0.157. The van der Waals surface area contributed by atoms with Gasteiger partial charge in [0.1, 0.15) is 11.4 Å². The van der Waals surface area contributed by atoms with Gasteiger partial charge < -0.3 is 9.84 Å². The standard InChI is InChI=1S/C18H12BrFN2O5/c1-27-14-8-10(19)6-9(15(14)23)7-13-16(24)21-18(26)22(17(13)25)12-4-2-11(20)3-5-12/h2-8,23H,1H3,(H,21,24,26)/b13-7+. The second-order valence-electron chi connectivity index (χ2n) is 5.48. The first kappa shape index (κ1) is 18.6. The molecule has 0 unspecified atom stereocenters. The van der Waals surface area contributed by atoms with E-state index in [0.29, 0.717) is 9.37 Å². The van der Waals surface area contributed by atoms with Gasteiger partial charge in [-0.1, -0.05) is 15.9 Å².